The van der Waals surface area contributed by atoms with Crippen LogP contribution in [0.3, 0.4) is 0 Å². The second-order valence-electron chi connectivity index (χ2n) is 5.31. The Morgan fingerprint density at radius 1 is 1.00 bits per heavy atom. The molecule has 22 heavy (non-hydrogen) atoms. The average Bonchev–Trinajstić information content (AvgIpc) is 2.59. The number of methoxy groups -OCH3 is 1. The van der Waals surface area contributed by atoms with Crippen molar-refractivity contribution in [3.05, 3.63) is 66.2 Å². The average molecular weight is 295 g/mol. The van der Waals surface area contributed by atoms with E-state index in [1.54, 1.807) is 7.11 Å². The fraction of sp³-hybridized carbons (Fsp3) is 0.300. The van der Waals surface area contributed by atoms with Crippen LogP contribution in [0.5, 0.6) is 5.75 Å². The number of unbranched alkanes of at least 4 members (excludes halogenated alkanes) is 1. The Kier molecular flexibility index (Phi) is 6.56. The van der Waals surface area contributed by atoms with Gasteiger partial charge in [-0.1, -0.05) is 55.8 Å². The standard InChI is InChI=1S/C20H25NO/c1-3-4-16-21(19-12-14-20(22-2)15-13-19)17-8-11-18-9-6-5-7-10-18/h5-15H,3-4,16-17H2,1-2H3/b11-8+. The molecule has 0 atom stereocenters. The molecule has 0 radical (unpaired) electrons. The van der Waals surface area contributed by atoms with Crippen molar-refractivity contribution in [3.63, 3.8) is 0 Å². The third kappa shape index (κ3) is 4.96. The molecule has 0 N–H and O–H groups in total. The van der Waals surface area contributed by atoms with E-state index in [9.17, 15) is 0 Å². The van der Waals surface area contributed by atoms with Gasteiger partial charge in [-0.25, -0.2) is 0 Å². The van der Waals surface area contributed by atoms with Crippen LogP contribution in [0.2, 0.25) is 0 Å². The first kappa shape index (κ1) is 16.2. The van der Waals surface area contributed by atoms with Gasteiger partial charge in [-0.2, -0.15) is 0 Å². The van der Waals surface area contributed by atoms with E-state index in [0.717, 1.165) is 18.8 Å². The summed E-state index contributed by atoms with van der Waals surface area (Å²) in [5.41, 5.74) is 2.49. The van der Waals surface area contributed by atoms with Gasteiger partial charge in [0.2, 0.25) is 0 Å². The van der Waals surface area contributed by atoms with E-state index >= 15 is 0 Å². The van der Waals surface area contributed by atoms with Gasteiger partial charge in [0.05, 0.1) is 7.11 Å². The molecular weight excluding hydrogens is 270 g/mol. The summed E-state index contributed by atoms with van der Waals surface area (Å²) in [5, 5.41) is 0. The van der Waals surface area contributed by atoms with Crippen LogP contribution in [-0.2, 0) is 0 Å². The maximum absolute atomic E-state index is 5.24. The highest BCUT2D eigenvalue weighted by atomic mass is 16.5. The molecule has 0 bridgehead atoms. The zero-order valence-electron chi connectivity index (χ0n) is 13.5. The number of anilines is 1. The van der Waals surface area contributed by atoms with Crippen LogP contribution in [0.25, 0.3) is 6.08 Å². The van der Waals surface area contributed by atoms with Crippen molar-refractivity contribution in [2.45, 2.75) is 19.8 Å². The van der Waals surface area contributed by atoms with Gasteiger partial charge < -0.3 is 9.64 Å². The zero-order valence-corrected chi connectivity index (χ0v) is 13.5. The molecular formula is C20H25NO. The number of ether oxygens (including phenoxy) is 1. The van der Waals surface area contributed by atoms with Gasteiger partial charge >= 0.3 is 0 Å². The largest absolute Gasteiger partial charge is 0.497 e. The van der Waals surface area contributed by atoms with E-state index in [0.29, 0.717) is 0 Å². The minimum Gasteiger partial charge on any atom is -0.497 e. The fourth-order valence-corrected chi connectivity index (χ4v) is 2.35. The van der Waals surface area contributed by atoms with Crippen LogP contribution >= 0.6 is 0 Å². The molecule has 2 rings (SSSR count). The van der Waals surface area contributed by atoms with Crippen LogP contribution in [0.15, 0.2) is 60.7 Å². The Labute approximate surface area is 134 Å². The smallest absolute Gasteiger partial charge is 0.119 e. The maximum atomic E-state index is 5.24. The summed E-state index contributed by atoms with van der Waals surface area (Å²) in [6, 6.07) is 18.7. The van der Waals surface area contributed by atoms with Crippen molar-refractivity contribution in [3.8, 4) is 5.75 Å². The zero-order chi connectivity index (χ0) is 15.6. The molecule has 0 saturated heterocycles. The van der Waals surface area contributed by atoms with Gasteiger partial charge in [-0.05, 0) is 36.2 Å². The molecule has 0 unspecified atom stereocenters. The number of nitrogens with zero attached hydrogens (tertiary/aromatic N) is 1. The first-order chi connectivity index (χ1) is 10.8. The predicted molar refractivity (Wildman–Crippen MR) is 95.6 cm³/mol. The summed E-state index contributed by atoms with van der Waals surface area (Å²) in [6.45, 7) is 4.22. The second-order valence-corrected chi connectivity index (χ2v) is 5.31. The van der Waals surface area contributed by atoms with E-state index < -0.39 is 0 Å². The van der Waals surface area contributed by atoms with Gasteiger partial charge in [0.15, 0.2) is 0 Å². The summed E-state index contributed by atoms with van der Waals surface area (Å²) < 4.78 is 5.24. The van der Waals surface area contributed by atoms with E-state index in [-0.39, 0.29) is 0 Å². The first-order valence-electron chi connectivity index (χ1n) is 7.94. The summed E-state index contributed by atoms with van der Waals surface area (Å²) >= 11 is 0. The second kappa shape index (κ2) is 8.93. The lowest BCUT2D eigenvalue weighted by Crippen LogP contribution is -2.24. The summed E-state index contributed by atoms with van der Waals surface area (Å²) in [7, 11) is 1.70. The van der Waals surface area contributed by atoms with Crippen LogP contribution in [0.1, 0.15) is 25.3 Å². The van der Waals surface area contributed by atoms with E-state index in [1.165, 1.54) is 24.1 Å². The molecule has 0 spiro atoms. The van der Waals surface area contributed by atoms with E-state index in [1.807, 2.05) is 18.2 Å². The van der Waals surface area contributed by atoms with Crippen LogP contribution in [0.4, 0.5) is 5.69 Å². The SMILES string of the molecule is CCCCN(C/C=C/c1ccccc1)c1ccc(OC)cc1. The van der Waals surface area contributed by atoms with Crippen LogP contribution in [-0.4, -0.2) is 20.2 Å². The molecule has 2 nitrogen and oxygen atoms in total. The topological polar surface area (TPSA) is 12.5 Å². The highest BCUT2D eigenvalue weighted by Crippen LogP contribution is 2.20. The molecule has 0 aliphatic heterocycles. The number of rotatable bonds is 8. The Hall–Kier alpha value is -2.22. The molecule has 0 fully saturated rings. The molecule has 2 aromatic carbocycles. The predicted octanol–water partition coefficient (Wildman–Crippen LogP) is 5.02. The summed E-state index contributed by atoms with van der Waals surface area (Å²) in [5.74, 6) is 0.902. The molecule has 0 amide bonds. The van der Waals surface area contributed by atoms with Crippen molar-refractivity contribution in [1.29, 1.82) is 0 Å². The lowest BCUT2D eigenvalue weighted by molar-refractivity contribution is 0.415. The quantitative estimate of drug-likeness (QED) is 0.678. The number of hydrogen-bond acceptors (Lipinski definition) is 2. The Morgan fingerprint density at radius 3 is 2.36 bits per heavy atom. The molecule has 116 valence electrons. The number of benzene rings is 2. The van der Waals surface area contributed by atoms with Crippen molar-refractivity contribution in [1.82, 2.24) is 0 Å². The fourth-order valence-electron chi connectivity index (χ4n) is 2.35. The van der Waals surface area contributed by atoms with Crippen molar-refractivity contribution < 1.29 is 4.74 Å². The third-order valence-electron chi connectivity index (χ3n) is 3.65. The van der Waals surface area contributed by atoms with Gasteiger partial charge in [0, 0.05) is 18.8 Å². The summed E-state index contributed by atoms with van der Waals surface area (Å²) in [4.78, 5) is 2.41. The van der Waals surface area contributed by atoms with Gasteiger partial charge in [0.1, 0.15) is 5.75 Å². The van der Waals surface area contributed by atoms with Gasteiger partial charge in [-0.3, -0.25) is 0 Å². The normalized spacial score (nSPS) is 10.8. The molecule has 0 aromatic heterocycles. The Bertz CT molecular complexity index is 560. The molecule has 0 heterocycles. The lowest BCUT2D eigenvalue weighted by Gasteiger charge is -2.23. The highest BCUT2D eigenvalue weighted by Gasteiger charge is 2.04. The molecule has 0 aliphatic carbocycles. The maximum Gasteiger partial charge on any atom is 0.119 e. The summed E-state index contributed by atoms with van der Waals surface area (Å²) in [6.07, 6.45) is 6.82. The Morgan fingerprint density at radius 2 is 1.73 bits per heavy atom. The minimum atomic E-state index is 0.902. The van der Waals surface area contributed by atoms with Gasteiger partial charge in [-0.15, -0.1) is 0 Å². The lowest BCUT2D eigenvalue weighted by atomic mass is 10.2. The minimum absolute atomic E-state index is 0.902. The Balaban J connectivity index is 2.03. The molecule has 0 aliphatic rings. The van der Waals surface area contributed by atoms with Crippen molar-refractivity contribution in [2.75, 3.05) is 25.1 Å². The molecule has 0 saturated carbocycles. The monoisotopic (exact) mass is 295 g/mol. The van der Waals surface area contributed by atoms with E-state index in [4.69, 9.17) is 4.74 Å². The van der Waals surface area contributed by atoms with Crippen LogP contribution < -0.4 is 9.64 Å². The molecule has 2 aromatic rings. The highest BCUT2D eigenvalue weighted by molar-refractivity contribution is 5.53. The van der Waals surface area contributed by atoms with Crippen molar-refractivity contribution >= 4 is 11.8 Å². The molecule has 2 heteroatoms. The third-order valence-corrected chi connectivity index (χ3v) is 3.65. The first-order valence-corrected chi connectivity index (χ1v) is 7.94. The van der Waals surface area contributed by atoms with Crippen molar-refractivity contribution in [2.24, 2.45) is 0 Å². The van der Waals surface area contributed by atoms with E-state index in [2.05, 4.69) is 60.4 Å². The number of hydrogen-bond donors (Lipinski definition) is 0. The van der Waals surface area contributed by atoms with Crippen LogP contribution in [0, 0.1) is 0 Å². The van der Waals surface area contributed by atoms with Gasteiger partial charge in [0.25, 0.3) is 0 Å².